The molecule has 1 saturated heterocycles. The van der Waals surface area contributed by atoms with Gasteiger partial charge in [-0.15, -0.1) is 11.8 Å². The first-order valence-corrected chi connectivity index (χ1v) is 5.79. The molecule has 1 heterocycles. The minimum Gasteiger partial charge on any atom is -0.455 e. The summed E-state index contributed by atoms with van der Waals surface area (Å²) in [5.41, 5.74) is -0.778. The van der Waals surface area contributed by atoms with E-state index in [0.29, 0.717) is 0 Å². The zero-order valence-corrected chi connectivity index (χ0v) is 9.77. The van der Waals surface area contributed by atoms with E-state index in [1.165, 1.54) is 13.8 Å². The number of carbonyl (C=O) groups is 2. The first-order valence-electron chi connectivity index (χ1n) is 4.74. The Balaban J connectivity index is 2.72. The van der Waals surface area contributed by atoms with E-state index in [0.717, 1.165) is 11.8 Å². The van der Waals surface area contributed by atoms with Crippen LogP contribution in [-0.4, -0.2) is 51.7 Å². The molecule has 0 aromatic heterocycles. The van der Waals surface area contributed by atoms with Gasteiger partial charge >= 0.3 is 11.9 Å². The summed E-state index contributed by atoms with van der Waals surface area (Å²) in [5, 5.41) is 19.0. The van der Waals surface area contributed by atoms with Crippen LogP contribution in [0.2, 0.25) is 0 Å². The van der Waals surface area contributed by atoms with Gasteiger partial charge < -0.3 is 19.7 Å². The van der Waals surface area contributed by atoms with Crippen LogP contribution in [0, 0.1) is 0 Å². The molecule has 0 amide bonds. The van der Waals surface area contributed by atoms with Gasteiger partial charge in [0.2, 0.25) is 0 Å². The normalized spacial score (nSPS) is 34.2. The highest BCUT2D eigenvalue weighted by Crippen LogP contribution is 2.29. The van der Waals surface area contributed by atoms with Crippen molar-refractivity contribution >= 4 is 23.7 Å². The zero-order chi connectivity index (χ0) is 12.3. The van der Waals surface area contributed by atoms with Gasteiger partial charge in [-0.3, -0.25) is 9.59 Å². The van der Waals surface area contributed by atoms with Gasteiger partial charge in [-0.25, -0.2) is 0 Å². The van der Waals surface area contributed by atoms with Crippen LogP contribution in [-0.2, 0) is 19.1 Å². The number of thioether (sulfide) groups is 1. The molecule has 0 aliphatic carbocycles. The number of hydrogen-bond acceptors (Lipinski definition) is 7. The van der Waals surface area contributed by atoms with Gasteiger partial charge in [-0.1, -0.05) is 0 Å². The summed E-state index contributed by atoms with van der Waals surface area (Å²) in [6, 6.07) is 0. The van der Waals surface area contributed by atoms with Crippen molar-refractivity contribution in [1.82, 2.24) is 0 Å². The molecule has 0 saturated carbocycles. The highest BCUT2D eigenvalue weighted by Gasteiger charge is 2.42. The second-order valence-electron chi connectivity index (χ2n) is 3.44. The molecule has 1 rings (SSSR count). The number of esters is 2. The molecule has 0 radical (unpaired) electrons. The van der Waals surface area contributed by atoms with Crippen LogP contribution in [0.25, 0.3) is 0 Å². The monoisotopic (exact) mass is 250 g/mol. The van der Waals surface area contributed by atoms with Gasteiger partial charge in [-0.05, 0) is 0 Å². The number of aliphatic hydroxyl groups is 2. The fourth-order valence-electron chi connectivity index (χ4n) is 1.35. The average molecular weight is 250 g/mol. The molecular formula is C9H14O6S. The summed E-state index contributed by atoms with van der Waals surface area (Å²) in [4.78, 5) is 21.6. The Bertz CT molecular complexity index is 281. The van der Waals surface area contributed by atoms with E-state index < -0.39 is 35.7 Å². The largest absolute Gasteiger partial charge is 0.455 e. The maximum atomic E-state index is 10.8. The van der Waals surface area contributed by atoms with E-state index in [-0.39, 0.29) is 5.75 Å². The van der Waals surface area contributed by atoms with Crippen LogP contribution in [0.1, 0.15) is 13.8 Å². The van der Waals surface area contributed by atoms with Gasteiger partial charge in [0.05, 0.1) is 6.10 Å². The summed E-state index contributed by atoms with van der Waals surface area (Å²) in [7, 11) is 0. The summed E-state index contributed by atoms with van der Waals surface area (Å²) >= 11 is 1.12. The molecule has 0 spiro atoms. The molecule has 1 fully saturated rings. The molecule has 0 aromatic rings. The van der Waals surface area contributed by atoms with Gasteiger partial charge in [0, 0.05) is 19.6 Å². The van der Waals surface area contributed by atoms with Gasteiger partial charge in [0.1, 0.15) is 6.10 Å². The lowest BCUT2D eigenvalue weighted by Gasteiger charge is -2.36. The van der Waals surface area contributed by atoms with Gasteiger partial charge in [-0.2, -0.15) is 0 Å². The van der Waals surface area contributed by atoms with Crippen LogP contribution >= 0.6 is 11.8 Å². The molecule has 16 heavy (non-hydrogen) atoms. The third-order valence-corrected chi connectivity index (χ3v) is 3.24. The van der Waals surface area contributed by atoms with Gasteiger partial charge in [0.15, 0.2) is 11.5 Å². The number of aliphatic hydroxyl groups excluding tert-OH is 2. The first kappa shape index (κ1) is 13.3. The van der Waals surface area contributed by atoms with Crippen molar-refractivity contribution in [2.45, 2.75) is 37.6 Å². The van der Waals surface area contributed by atoms with Crippen molar-refractivity contribution in [2.75, 3.05) is 5.75 Å². The maximum absolute atomic E-state index is 10.8. The van der Waals surface area contributed by atoms with Crippen LogP contribution < -0.4 is 0 Å². The summed E-state index contributed by atoms with van der Waals surface area (Å²) in [6.07, 6.45) is -3.27. The van der Waals surface area contributed by atoms with E-state index in [4.69, 9.17) is 9.47 Å². The molecule has 0 aromatic carbocycles. The molecule has 0 bridgehead atoms. The highest BCUT2D eigenvalue weighted by atomic mass is 32.2. The Kier molecular flexibility index (Phi) is 4.57. The lowest BCUT2D eigenvalue weighted by molar-refractivity contribution is -0.173. The van der Waals surface area contributed by atoms with Crippen molar-refractivity contribution in [3.05, 3.63) is 0 Å². The molecule has 1 unspecified atom stereocenters. The second kappa shape index (κ2) is 5.51. The second-order valence-corrected chi connectivity index (χ2v) is 4.57. The van der Waals surface area contributed by atoms with Crippen LogP contribution in [0.15, 0.2) is 0 Å². The van der Waals surface area contributed by atoms with E-state index in [1.807, 2.05) is 0 Å². The smallest absolute Gasteiger partial charge is 0.303 e. The molecule has 6 nitrogen and oxygen atoms in total. The lowest BCUT2D eigenvalue weighted by Crippen LogP contribution is -2.52. The number of hydrogen-bond donors (Lipinski definition) is 2. The van der Waals surface area contributed by atoms with Crippen molar-refractivity contribution in [2.24, 2.45) is 0 Å². The Morgan fingerprint density at radius 1 is 1.19 bits per heavy atom. The van der Waals surface area contributed by atoms with E-state index >= 15 is 0 Å². The topological polar surface area (TPSA) is 93.1 Å². The molecule has 4 atom stereocenters. The summed E-state index contributed by atoms with van der Waals surface area (Å²) in [5.74, 6) is -0.911. The third kappa shape index (κ3) is 3.36. The number of ether oxygens (including phenoxy) is 2. The Hall–Kier alpha value is -0.790. The standard InChI is InChI=1S/C9H14O6S/c1-4(10)14-8-7(13)6(12)3-16-9(8)15-5(2)11/h6-9,12-13H,3H2,1-2H3/t6-,7+,8-,9?/m1/s1. The number of rotatable bonds is 2. The van der Waals surface area contributed by atoms with Crippen molar-refractivity contribution in [1.29, 1.82) is 0 Å². The first-order chi connectivity index (χ1) is 7.41. The van der Waals surface area contributed by atoms with E-state index in [1.54, 1.807) is 0 Å². The van der Waals surface area contributed by atoms with E-state index in [2.05, 4.69) is 0 Å². The molecular weight excluding hydrogens is 236 g/mol. The van der Waals surface area contributed by atoms with Gasteiger partial charge in [0.25, 0.3) is 0 Å². The van der Waals surface area contributed by atoms with Crippen LogP contribution in [0.5, 0.6) is 0 Å². The van der Waals surface area contributed by atoms with E-state index in [9.17, 15) is 19.8 Å². The zero-order valence-electron chi connectivity index (χ0n) is 8.95. The van der Waals surface area contributed by atoms with Crippen molar-refractivity contribution in [3.8, 4) is 0 Å². The molecule has 7 heteroatoms. The van der Waals surface area contributed by atoms with Crippen molar-refractivity contribution in [3.63, 3.8) is 0 Å². The fraction of sp³-hybridized carbons (Fsp3) is 0.778. The minimum absolute atomic E-state index is 0.219. The fourth-order valence-corrected chi connectivity index (χ4v) is 2.54. The Morgan fingerprint density at radius 2 is 1.75 bits per heavy atom. The van der Waals surface area contributed by atoms with Crippen molar-refractivity contribution < 1.29 is 29.3 Å². The van der Waals surface area contributed by atoms with Crippen LogP contribution in [0.4, 0.5) is 0 Å². The summed E-state index contributed by atoms with van der Waals surface area (Å²) in [6.45, 7) is 2.41. The molecule has 92 valence electrons. The maximum Gasteiger partial charge on any atom is 0.303 e. The Labute approximate surface area is 96.9 Å². The predicted molar refractivity (Wildman–Crippen MR) is 55.6 cm³/mol. The molecule has 1 aliphatic rings. The number of carbonyl (C=O) groups excluding carboxylic acids is 2. The third-order valence-electron chi connectivity index (χ3n) is 2.01. The van der Waals surface area contributed by atoms with Crippen LogP contribution in [0.3, 0.4) is 0 Å². The average Bonchev–Trinajstić information content (AvgIpc) is 2.16. The lowest BCUT2D eigenvalue weighted by atomic mass is 10.1. The SMILES string of the molecule is CC(=O)OC1SC[C@@H](O)[C@H](O)[C@H]1OC(C)=O. The highest BCUT2D eigenvalue weighted by molar-refractivity contribution is 7.99. The molecule has 1 aliphatic heterocycles. The minimum atomic E-state index is -1.24. The summed E-state index contributed by atoms with van der Waals surface area (Å²) < 4.78 is 9.74. The quantitative estimate of drug-likeness (QED) is 0.624. The Morgan fingerprint density at radius 3 is 2.25 bits per heavy atom. The molecule has 2 N–H and O–H groups in total. The predicted octanol–water partition coefficient (Wildman–Crippen LogP) is -0.724.